The number of carbonyl (C=O) groups is 3. The number of fused-ring (bicyclic) bond motifs is 5. The van der Waals surface area contributed by atoms with Crippen LogP contribution < -0.4 is 9.64 Å². The molecule has 6 rings (SSSR count). The summed E-state index contributed by atoms with van der Waals surface area (Å²) in [6.07, 6.45) is 5.06. The van der Waals surface area contributed by atoms with Crippen molar-refractivity contribution in [2.24, 2.45) is 23.7 Å². The molecule has 36 heavy (non-hydrogen) atoms. The van der Waals surface area contributed by atoms with Gasteiger partial charge in [-0.3, -0.25) is 14.5 Å². The van der Waals surface area contributed by atoms with Crippen LogP contribution in [0.3, 0.4) is 0 Å². The van der Waals surface area contributed by atoms with Crippen molar-refractivity contribution in [3.63, 3.8) is 0 Å². The summed E-state index contributed by atoms with van der Waals surface area (Å²) < 4.78 is 5.58. The summed E-state index contributed by atoms with van der Waals surface area (Å²) in [5, 5.41) is 0. The Kier molecular flexibility index (Phi) is 5.18. The molecule has 1 heterocycles. The van der Waals surface area contributed by atoms with Crippen molar-refractivity contribution in [1.82, 2.24) is 0 Å². The number of amides is 2. The topological polar surface area (TPSA) is 63.7 Å². The molecule has 1 saturated heterocycles. The summed E-state index contributed by atoms with van der Waals surface area (Å²) in [5.74, 6) is -0.446. The molecule has 3 aromatic rings. The lowest BCUT2D eigenvalue weighted by Gasteiger charge is -2.26. The number of benzene rings is 3. The normalized spacial score (nSPS) is 24.3. The van der Waals surface area contributed by atoms with Gasteiger partial charge in [0.1, 0.15) is 5.75 Å². The van der Waals surface area contributed by atoms with E-state index in [0.29, 0.717) is 17.0 Å². The average Bonchev–Trinajstić information content (AvgIpc) is 3.58. The van der Waals surface area contributed by atoms with E-state index in [4.69, 9.17) is 4.74 Å². The van der Waals surface area contributed by atoms with E-state index in [1.807, 2.05) is 30.3 Å². The van der Waals surface area contributed by atoms with Gasteiger partial charge in [-0.1, -0.05) is 68.5 Å². The summed E-state index contributed by atoms with van der Waals surface area (Å²) in [6, 6.07) is 24.3. The first-order chi connectivity index (χ1) is 17.3. The number of hydrogen-bond donors (Lipinski definition) is 0. The second-order valence-electron chi connectivity index (χ2n) is 10.5. The third kappa shape index (κ3) is 3.49. The van der Waals surface area contributed by atoms with Crippen LogP contribution in [0.2, 0.25) is 0 Å². The van der Waals surface area contributed by atoms with Gasteiger partial charge >= 0.3 is 5.97 Å². The van der Waals surface area contributed by atoms with Crippen LogP contribution in [0, 0.1) is 23.7 Å². The Balaban J connectivity index is 1.14. The van der Waals surface area contributed by atoms with E-state index in [9.17, 15) is 14.4 Å². The predicted octanol–water partition coefficient (Wildman–Crippen LogP) is 5.54. The van der Waals surface area contributed by atoms with Crippen molar-refractivity contribution in [3.8, 4) is 5.75 Å². The molecule has 1 aliphatic heterocycles. The summed E-state index contributed by atoms with van der Waals surface area (Å²) >= 11 is 0. The van der Waals surface area contributed by atoms with Crippen LogP contribution in [0.4, 0.5) is 5.69 Å². The molecule has 0 N–H and O–H groups in total. The summed E-state index contributed by atoms with van der Waals surface area (Å²) in [5.41, 5.74) is 3.00. The fourth-order valence-corrected chi connectivity index (χ4v) is 6.03. The molecule has 2 aliphatic carbocycles. The molecule has 3 aromatic carbocycles. The van der Waals surface area contributed by atoms with Crippen molar-refractivity contribution in [2.75, 3.05) is 4.90 Å². The lowest BCUT2D eigenvalue weighted by molar-refractivity contribution is -0.123. The van der Waals surface area contributed by atoms with E-state index >= 15 is 0 Å². The first-order valence-electron chi connectivity index (χ1n) is 12.4. The van der Waals surface area contributed by atoms with Gasteiger partial charge in [-0.25, -0.2) is 4.79 Å². The third-order valence-corrected chi connectivity index (χ3v) is 8.11. The Hall–Kier alpha value is -3.99. The van der Waals surface area contributed by atoms with E-state index in [0.717, 1.165) is 12.0 Å². The second kappa shape index (κ2) is 8.30. The summed E-state index contributed by atoms with van der Waals surface area (Å²) in [4.78, 5) is 40.1. The van der Waals surface area contributed by atoms with Crippen molar-refractivity contribution >= 4 is 23.5 Å². The van der Waals surface area contributed by atoms with Gasteiger partial charge in [-0.2, -0.15) is 0 Å². The second-order valence-corrected chi connectivity index (χ2v) is 10.5. The van der Waals surface area contributed by atoms with Crippen LogP contribution in [0.15, 0.2) is 91.0 Å². The predicted molar refractivity (Wildman–Crippen MR) is 137 cm³/mol. The van der Waals surface area contributed by atoms with Crippen molar-refractivity contribution in [2.45, 2.75) is 25.7 Å². The van der Waals surface area contributed by atoms with Gasteiger partial charge in [0, 0.05) is 5.41 Å². The van der Waals surface area contributed by atoms with Gasteiger partial charge in [0.15, 0.2) is 0 Å². The van der Waals surface area contributed by atoms with Crippen LogP contribution in [0.1, 0.15) is 41.8 Å². The smallest absolute Gasteiger partial charge is 0.343 e. The molecule has 180 valence electrons. The molecule has 2 bridgehead atoms. The minimum Gasteiger partial charge on any atom is -0.423 e. The van der Waals surface area contributed by atoms with Gasteiger partial charge in [0.2, 0.25) is 11.8 Å². The number of esters is 1. The standard InChI is InChI=1S/C31H27NO4/c1-31(2,22-6-4-3-5-7-22)23-12-16-25(17-13-23)36-30(35)19-10-14-24(15-11-19)32-28(33)26-20-8-9-21(18-20)27(26)29(32)34/h3-17,20-21,26-27H,18H2,1-2H3/t20-,21-,26-,27-/m0/s1. The van der Waals surface area contributed by atoms with Gasteiger partial charge in [-0.15, -0.1) is 0 Å². The Bertz CT molecular complexity index is 1340. The minimum absolute atomic E-state index is 0.129. The quantitative estimate of drug-likeness (QED) is 0.209. The van der Waals surface area contributed by atoms with Crippen LogP contribution in [0.5, 0.6) is 5.75 Å². The molecule has 5 nitrogen and oxygen atoms in total. The van der Waals surface area contributed by atoms with E-state index in [1.165, 1.54) is 10.5 Å². The molecule has 0 unspecified atom stereocenters. The van der Waals surface area contributed by atoms with Crippen LogP contribution >= 0.6 is 0 Å². The zero-order chi connectivity index (χ0) is 25.0. The van der Waals surface area contributed by atoms with Gasteiger partial charge in [0.25, 0.3) is 0 Å². The Morgan fingerprint density at radius 1 is 0.778 bits per heavy atom. The maximum absolute atomic E-state index is 13.0. The molecule has 2 fully saturated rings. The van der Waals surface area contributed by atoms with E-state index in [-0.39, 0.29) is 40.9 Å². The highest BCUT2D eigenvalue weighted by molar-refractivity contribution is 6.22. The Morgan fingerprint density at radius 3 is 1.92 bits per heavy atom. The minimum atomic E-state index is -0.491. The fraction of sp³-hybridized carbons (Fsp3) is 0.258. The van der Waals surface area contributed by atoms with E-state index in [1.54, 1.807) is 36.4 Å². The molecule has 0 radical (unpaired) electrons. The summed E-state index contributed by atoms with van der Waals surface area (Å²) in [6.45, 7) is 4.32. The molecule has 1 saturated carbocycles. The number of ether oxygens (including phenoxy) is 1. The molecule has 0 spiro atoms. The number of anilines is 1. The molecule has 3 aliphatic rings. The molecular weight excluding hydrogens is 450 g/mol. The Morgan fingerprint density at radius 2 is 1.33 bits per heavy atom. The van der Waals surface area contributed by atoms with Gasteiger partial charge < -0.3 is 4.74 Å². The number of carbonyl (C=O) groups excluding carboxylic acids is 3. The summed E-state index contributed by atoms with van der Waals surface area (Å²) in [7, 11) is 0. The number of imide groups is 1. The maximum atomic E-state index is 13.0. The monoisotopic (exact) mass is 477 g/mol. The molecule has 4 atom stereocenters. The zero-order valence-corrected chi connectivity index (χ0v) is 20.3. The van der Waals surface area contributed by atoms with Crippen molar-refractivity contribution in [1.29, 1.82) is 0 Å². The third-order valence-electron chi connectivity index (χ3n) is 8.11. The van der Waals surface area contributed by atoms with Crippen LogP contribution in [-0.2, 0) is 15.0 Å². The number of hydrogen-bond acceptors (Lipinski definition) is 4. The number of allylic oxidation sites excluding steroid dienone is 2. The molecule has 2 amide bonds. The maximum Gasteiger partial charge on any atom is 0.343 e. The number of nitrogens with zero attached hydrogens (tertiary/aromatic N) is 1. The SMILES string of the molecule is CC(C)(c1ccccc1)c1ccc(OC(=O)c2ccc(N3C(=O)[C@@H]4[C@@H](C3=O)[C@H]3C=C[C@H]4C3)cc2)cc1. The van der Waals surface area contributed by atoms with Crippen LogP contribution in [0.25, 0.3) is 0 Å². The van der Waals surface area contributed by atoms with Crippen LogP contribution in [-0.4, -0.2) is 17.8 Å². The zero-order valence-electron chi connectivity index (χ0n) is 20.3. The van der Waals surface area contributed by atoms with Crippen molar-refractivity contribution < 1.29 is 19.1 Å². The molecule has 5 heteroatoms. The van der Waals surface area contributed by atoms with E-state index < -0.39 is 5.97 Å². The van der Waals surface area contributed by atoms with Gasteiger partial charge in [0.05, 0.1) is 23.1 Å². The lowest BCUT2D eigenvalue weighted by Crippen LogP contribution is -2.32. The highest BCUT2D eigenvalue weighted by Crippen LogP contribution is 2.53. The van der Waals surface area contributed by atoms with Crippen molar-refractivity contribution in [3.05, 3.63) is 108 Å². The fourth-order valence-electron chi connectivity index (χ4n) is 6.03. The first-order valence-corrected chi connectivity index (χ1v) is 12.4. The first kappa shape index (κ1) is 22.5. The molecule has 0 aromatic heterocycles. The lowest BCUT2D eigenvalue weighted by atomic mass is 9.78. The number of rotatable bonds is 5. The Labute approximate surface area is 210 Å². The highest BCUT2D eigenvalue weighted by atomic mass is 16.5. The highest BCUT2D eigenvalue weighted by Gasteiger charge is 2.59. The molecular formula is C31H27NO4. The van der Waals surface area contributed by atoms with E-state index in [2.05, 4.69) is 38.1 Å². The van der Waals surface area contributed by atoms with Gasteiger partial charge in [-0.05, 0) is 65.8 Å². The average molecular weight is 478 g/mol. The largest absolute Gasteiger partial charge is 0.423 e.